The van der Waals surface area contributed by atoms with Crippen LogP contribution >= 0.6 is 11.8 Å². The van der Waals surface area contributed by atoms with Crippen LogP contribution in [0.3, 0.4) is 0 Å². The number of hydrogen-bond acceptors (Lipinski definition) is 3. The number of thioether (sulfide) groups is 1. The van der Waals surface area contributed by atoms with Crippen LogP contribution in [0.15, 0.2) is 0 Å². The van der Waals surface area contributed by atoms with Gasteiger partial charge in [-0.15, -0.1) is 0 Å². The fourth-order valence-corrected chi connectivity index (χ4v) is 4.95. The highest BCUT2D eigenvalue weighted by atomic mass is 32.2. The first-order valence-electron chi connectivity index (χ1n) is 7.40. The Morgan fingerprint density at radius 3 is 2.78 bits per heavy atom. The van der Waals surface area contributed by atoms with Gasteiger partial charge < -0.3 is 4.90 Å². The van der Waals surface area contributed by atoms with Crippen molar-refractivity contribution in [1.29, 1.82) is 0 Å². The van der Waals surface area contributed by atoms with Crippen molar-refractivity contribution in [3.05, 3.63) is 0 Å². The Morgan fingerprint density at radius 1 is 1.33 bits per heavy atom. The van der Waals surface area contributed by atoms with Gasteiger partial charge in [0.2, 0.25) is 5.91 Å². The molecule has 102 valence electrons. The lowest BCUT2D eigenvalue weighted by Gasteiger charge is -2.30. The highest BCUT2D eigenvalue weighted by Gasteiger charge is 2.42. The third kappa shape index (κ3) is 2.42. The molecule has 0 aromatic heterocycles. The fraction of sp³-hybridized carbons (Fsp3) is 0.929. The van der Waals surface area contributed by atoms with E-state index in [-0.39, 0.29) is 6.04 Å². The molecule has 0 aromatic carbocycles. The largest absolute Gasteiger partial charge is 0.325 e. The Balaban J connectivity index is 1.68. The molecule has 0 bridgehead atoms. The molecule has 3 rings (SSSR count). The molecule has 4 heteroatoms. The Kier molecular flexibility index (Phi) is 3.85. The maximum atomic E-state index is 12.3. The van der Waals surface area contributed by atoms with Gasteiger partial charge in [0, 0.05) is 6.54 Å². The number of nitrogens with one attached hydrogen (secondary N) is 1. The molecular weight excluding hydrogens is 244 g/mol. The molecule has 1 N–H and O–H groups in total. The predicted octanol–water partition coefficient (Wildman–Crippen LogP) is 2.08. The monoisotopic (exact) mass is 268 g/mol. The Hall–Kier alpha value is -0.220. The van der Waals surface area contributed by atoms with Crippen LogP contribution in [0, 0.1) is 11.8 Å². The molecule has 18 heavy (non-hydrogen) atoms. The van der Waals surface area contributed by atoms with Gasteiger partial charge in [0.15, 0.2) is 0 Å². The van der Waals surface area contributed by atoms with E-state index in [1.807, 2.05) is 18.7 Å². The Morgan fingerprint density at radius 2 is 2.11 bits per heavy atom. The second-order valence-corrected chi connectivity index (χ2v) is 7.25. The molecule has 2 saturated heterocycles. The number of carbonyl (C=O) groups is 1. The van der Waals surface area contributed by atoms with E-state index in [1.54, 1.807) is 0 Å². The second-order valence-electron chi connectivity index (χ2n) is 6.10. The van der Waals surface area contributed by atoms with E-state index in [2.05, 4.69) is 10.2 Å². The van der Waals surface area contributed by atoms with Crippen LogP contribution in [0.25, 0.3) is 0 Å². The molecule has 1 aliphatic carbocycles. The van der Waals surface area contributed by atoms with Crippen LogP contribution in [0.5, 0.6) is 0 Å². The summed E-state index contributed by atoms with van der Waals surface area (Å²) < 4.78 is 0. The highest BCUT2D eigenvalue weighted by Crippen LogP contribution is 2.33. The van der Waals surface area contributed by atoms with E-state index in [0.717, 1.165) is 12.5 Å². The molecule has 0 aromatic rings. The summed E-state index contributed by atoms with van der Waals surface area (Å²) in [5, 5.41) is 3.54. The Bertz CT molecular complexity index is 311. The molecule has 3 unspecified atom stereocenters. The van der Waals surface area contributed by atoms with E-state index in [1.165, 1.54) is 43.6 Å². The summed E-state index contributed by atoms with van der Waals surface area (Å²) in [5.74, 6) is 4.30. The van der Waals surface area contributed by atoms with E-state index >= 15 is 0 Å². The van der Waals surface area contributed by atoms with Crippen molar-refractivity contribution in [2.24, 2.45) is 11.8 Å². The Labute approximate surface area is 114 Å². The van der Waals surface area contributed by atoms with Crippen molar-refractivity contribution in [2.75, 3.05) is 18.1 Å². The molecule has 0 radical (unpaired) electrons. The maximum Gasteiger partial charge on any atom is 0.240 e. The van der Waals surface area contributed by atoms with Gasteiger partial charge in [0.1, 0.15) is 0 Å². The lowest BCUT2D eigenvalue weighted by atomic mass is 10.0. The zero-order chi connectivity index (χ0) is 12.5. The van der Waals surface area contributed by atoms with Crippen LogP contribution in [0.2, 0.25) is 0 Å². The lowest BCUT2D eigenvalue weighted by Crippen LogP contribution is -2.44. The van der Waals surface area contributed by atoms with Crippen LogP contribution in [0.1, 0.15) is 39.0 Å². The lowest BCUT2D eigenvalue weighted by molar-refractivity contribution is -0.130. The molecule has 0 spiro atoms. The molecule has 3 nitrogen and oxygen atoms in total. The summed E-state index contributed by atoms with van der Waals surface area (Å²) in [4.78, 5) is 14.5. The first kappa shape index (κ1) is 12.8. The smallest absolute Gasteiger partial charge is 0.240 e. The van der Waals surface area contributed by atoms with Crippen molar-refractivity contribution in [1.82, 2.24) is 10.2 Å². The van der Waals surface area contributed by atoms with Gasteiger partial charge in [-0.05, 0) is 49.5 Å². The summed E-state index contributed by atoms with van der Waals surface area (Å²) >= 11 is 2.04. The van der Waals surface area contributed by atoms with E-state index < -0.39 is 0 Å². The van der Waals surface area contributed by atoms with E-state index in [4.69, 9.17) is 0 Å². The number of amides is 1. The normalized spacial score (nSPS) is 37.9. The fourth-order valence-electron chi connectivity index (χ4n) is 3.68. The van der Waals surface area contributed by atoms with E-state index in [0.29, 0.717) is 18.0 Å². The number of rotatable bonds is 3. The van der Waals surface area contributed by atoms with Gasteiger partial charge in [-0.1, -0.05) is 12.8 Å². The van der Waals surface area contributed by atoms with Gasteiger partial charge in [-0.3, -0.25) is 10.1 Å². The zero-order valence-corrected chi connectivity index (χ0v) is 12.0. The average molecular weight is 268 g/mol. The molecule has 3 atom stereocenters. The maximum absolute atomic E-state index is 12.3. The highest BCUT2D eigenvalue weighted by molar-refractivity contribution is 7.99. The summed E-state index contributed by atoms with van der Waals surface area (Å²) in [6.07, 6.45) is 6.92. The van der Waals surface area contributed by atoms with Gasteiger partial charge in [0.25, 0.3) is 0 Å². The van der Waals surface area contributed by atoms with Crippen LogP contribution in [0.4, 0.5) is 0 Å². The minimum atomic E-state index is 0.0321. The van der Waals surface area contributed by atoms with Gasteiger partial charge >= 0.3 is 0 Å². The SMILES string of the molecule is CC1NC(C2CCCC2)N(CC2CCSC2)C1=O. The summed E-state index contributed by atoms with van der Waals surface area (Å²) in [6, 6.07) is 0.0321. The molecule has 3 aliphatic rings. The first-order chi connectivity index (χ1) is 8.75. The molecule has 3 fully saturated rings. The van der Waals surface area contributed by atoms with Gasteiger partial charge in [0.05, 0.1) is 12.2 Å². The molecule has 2 heterocycles. The van der Waals surface area contributed by atoms with Crippen molar-refractivity contribution in [3.63, 3.8) is 0 Å². The van der Waals surface area contributed by atoms with Crippen LogP contribution in [-0.4, -0.2) is 41.1 Å². The van der Waals surface area contributed by atoms with Gasteiger partial charge in [-0.2, -0.15) is 11.8 Å². The van der Waals surface area contributed by atoms with E-state index in [9.17, 15) is 4.79 Å². The van der Waals surface area contributed by atoms with Crippen LogP contribution < -0.4 is 5.32 Å². The summed E-state index contributed by atoms with van der Waals surface area (Å²) in [7, 11) is 0. The predicted molar refractivity (Wildman–Crippen MR) is 75.5 cm³/mol. The number of nitrogens with zero attached hydrogens (tertiary/aromatic N) is 1. The molecule has 1 saturated carbocycles. The van der Waals surface area contributed by atoms with Crippen molar-refractivity contribution >= 4 is 17.7 Å². The minimum absolute atomic E-state index is 0.0321. The van der Waals surface area contributed by atoms with Gasteiger partial charge in [-0.25, -0.2) is 0 Å². The zero-order valence-electron chi connectivity index (χ0n) is 11.2. The summed E-state index contributed by atoms with van der Waals surface area (Å²) in [6.45, 7) is 3.01. The average Bonchev–Trinajstić information content (AvgIpc) is 3.07. The van der Waals surface area contributed by atoms with Crippen molar-refractivity contribution in [3.8, 4) is 0 Å². The van der Waals surface area contributed by atoms with Crippen LogP contribution in [-0.2, 0) is 4.79 Å². The number of hydrogen-bond donors (Lipinski definition) is 1. The first-order valence-corrected chi connectivity index (χ1v) is 8.55. The molecular formula is C14H24N2OS. The molecule has 2 aliphatic heterocycles. The third-order valence-corrected chi connectivity index (χ3v) is 5.97. The summed E-state index contributed by atoms with van der Waals surface area (Å²) in [5.41, 5.74) is 0. The van der Waals surface area contributed by atoms with Crippen molar-refractivity contribution < 1.29 is 4.79 Å². The quantitative estimate of drug-likeness (QED) is 0.850. The minimum Gasteiger partial charge on any atom is -0.325 e. The molecule has 1 amide bonds. The standard InChI is InChI=1S/C14H24N2OS/c1-10-14(17)16(8-11-6-7-18-9-11)13(15-10)12-4-2-3-5-12/h10-13,15H,2-9H2,1H3. The van der Waals surface area contributed by atoms with Crippen molar-refractivity contribution in [2.45, 2.75) is 51.2 Å². The third-order valence-electron chi connectivity index (χ3n) is 4.74. The second kappa shape index (κ2) is 5.41. The topological polar surface area (TPSA) is 32.3 Å². The number of carbonyl (C=O) groups excluding carboxylic acids is 1.